The average Bonchev–Trinajstić information content (AvgIpc) is 3.67. The van der Waals surface area contributed by atoms with Crippen molar-refractivity contribution in [3.05, 3.63) is 152 Å². The van der Waals surface area contributed by atoms with Crippen LogP contribution in [0.4, 0.5) is 0 Å². The summed E-state index contributed by atoms with van der Waals surface area (Å²) < 4.78 is 8.69. The average molecular weight is 580 g/mol. The zero-order valence-electron chi connectivity index (χ0n) is 23.7. The Morgan fingerprint density at radius 2 is 0.977 bits per heavy atom. The van der Waals surface area contributed by atoms with Crippen molar-refractivity contribution in [3.8, 4) is 44.5 Å². The standard InChI is InChI=1S/C41H25NOS/c1-2-12-38-34(7-1)37-24-30(21-22-39(37)43-38)26-13-17-28(18-14-26)32-8-3-10-35-36-11-4-9-33(41(36)44-40(32)35)29-19-15-27(16-20-29)31-6-5-23-42-25-31/h1-25H. The Labute approximate surface area is 258 Å². The first-order valence-electron chi connectivity index (χ1n) is 14.8. The van der Waals surface area contributed by atoms with Crippen LogP contribution in [-0.2, 0) is 0 Å². The lowest BCUT2D eigenvalue weighted by atomic mass is 9.97. The number of hydrogen-bond donors (Lipinski definition) is 0. The second kappa shape index (κ2) is 10.0. The van der Waals surface area contributed by atoms with Crippen molar-refractivity contribution in [1.82, 2.24) is 4.98 Å². The molecule has 0 atom stereocenters. The van der Waals surface area contributed by atoms with E-state index >= 15 is 0 Å². The molecule has 44 heavy (non-hydrogen) atoms. The molecule has 0 spiro atoms. The van der Waals surface area contributed by atoms with E-state index < -0.39 is 0 Å². The molecule has 0 amide bonds. The van der Waals surface area contributed by atoms with Crippen LogP contribution >= 0.6 is 11.3 Å². The molecule has 0 aliphatic carbocycles. The van der Waals surface area contributed by atoms with E-state index in [4.69, 9.17) is 4.42 Å². The fourth-order valence-electron chi connectivity index (χ4n) is 6.40. The molecule has 0 unspecified atom stereocenters. The predicted molar refractivity (Wildman–Crippen MR) is 186 cm³/mol. The lowest BCUT2D eigenvalue weighted by molar-refractivity contribution is 0.669. The Kier molecular flexibility index (Phi) is 5.71. The van der Waals surface area contributed by atoms with Crippen LogP contribution in [0.25, 0.3) is 86.6 Å². The fourth-order valence-corrected chi connectivity index (χ4v) is 7.77. The lowest BCUT2D eigenvalue weighted by Gasteiger charge is -2.07. The summed E-state index contributed by atoms with van der Waals surface area (Å²) in [7, 11) is 0. The molecule has 6 aromatic carbocycles. The molecule has 9 rings (SSSR count). The van der Waals surface area contributed by atoms with Gasteiger partial charge in [0.25, 0.3) is 0 Å². The van der Waals surface area contributed by atoms with Crippen molar-refractivity contribution < 1.29 is 4.42 Å². The summed E-state index contributed by atoms with van der Waals surface area (Å²) in [6.45, 7) is 0. The summed E-state index contributed by atoms with van der Waals surface area (Å²) in [6, 6.07) is 50.0. The highest BCUT2D eigenvalue weighted by atomic mass is 32.1. The monoisotopic (exact) mass is 579 g/mol. The van der Waals surface area contributed by atoms with E-state index in [0.717, 1.165) is 27.5 Å². The maximum Gasteiger partial charge on any atom is 0.135 e. The highest BCUT2D eigenvalue weighted by molar-refractivity contribution is 7.26. The maximum atomic E-state index is 6.05. The number of fused-ring (bicyclic) bond motifs is 6. The van der Waals surface area contributed by atoms with Gasteiger partial charge in [0.05, 0.1) is 0 Å². The SMILES string of the molecule is c1cncc(-c2ccc(-c3cccc4c3sc3c(-c5ccc(-c6ccc7oc8ccccc8c7c6)cc5)cccc34)cc2)c1. The zero-order valence-corrected chi connectivity index (χ0v) is 24.5. The minimum atomic E-state index is 0.923. The highest BCUT2D eigenvalue weighted by Crippen LogP contribution is 2.44. The van der Waals surface area contributed by atoms with Crippen LogP contribution in [0.3, 0.4) is 0 Å². The molecule has 0 aliphatic heterocycles. The predicted octanol–water partition coefficient (Wildman–Crippen LogP) is 12.0. The Hall–Kier alpha value is -5.51. The molecule has 3 aromatic heterocycles. The van der Waals surface area contributed by atoms with Gasteiger partial charge < -0.3 is 4.42 Å². The van der Waals surface area contributed by atoms with Crippen LogP contribution in [0.5, 0.6) is 0 Å². The minimum absolute atomic E-state index is 0.923. The summed E-state index contributed by atoms with van der Waals surface area (Å²) >= 11 is 1.89. The summed E-state index contributed by atoms with van der Waals surface area (Å²) in [6.07, 6.45) is 3.72. The summed E-state index contributed by atoms with van der Waals surface area (Å²) in [5.41, 5.74) is 11.5. The number of para-hydroxylation sites is 1. The van der Waals surface area contributed by atoms with Crippen LogP contribution in [0.2, 0.25) is 0 Å². The van der Waals surface area contributed by atoms with Gasteiger partial charge in [0, 0.05) is 43.3 Å². The number of aromatic nitrogens is 1. The number of rotatable bonds is 4. The maximum absolute atomic E-state index is 6.05. The van der Waals surface area contributed by atoms with Gasteiger partial charge in [-0.1, -0.05) is 115 Å². The third-order valence-electron chi connectivity index (χ3n) is 8.62. The van der Waals surface area contributed by atoms with E-state index in [-0.39, 0.29) is 0 Å². The molecular weight excluding hydrogens is 555 g/mol. The van der Waals surface area contributed by atoms with Crippen molar-refractivity contribution in [2.24, 2.45) is 0 Å². The van der Waals surface area contributed by atoms with Crippen molar-refractivity contribution in [1.29, 1.82) is 0 Å². The number of thiophene rings is 1. The first kappa shape index (κ1) is 25.0. The summed E-state index contributed by atoms with van der Waals surface area (Å²) in [5.74, 6) is 0. The Bertz CT molecular complexity index is 2470. The molecule has 206 valence electrons. The van der Waals surface area contributed by atoms with Crippen LogP contribution in [0.15, 0.2) is 156 Å². The molecular formula is C41H25NOS. The minimum Gasteiger partial charge on any atom is -0.456 e. The van der Waals surface area contributed by atoms with Gasteiger partial charge in [-0.15, -0.1) is 11.3 Å². The van der Waals surface area contributed by atoms with E-state index in [1.54, 1.807) is 0 Å². The van der Waals surface area contributed by atoms with E-state index in [2.05, 4.69) is 126 Å². The molecule has 0 fully saturated rings. The van der Waals surface area contributed by atoms with E-state index in [9.17, 15) is 0 Å². The molecule has 3 heteroatoms. The Balaban J connectivity index is 1.10. The van der Waals surface area contributed by atoms with Crippen molar-refractivity contribution >= 4 is 53.4 Å². The van der Waals surface area contributed by atoms with Crippen LogP contribution in [-0.4, -0.2) is 4.98 Å². The van der Waals surface area contributed by atoms with Gasteiger partial charge in [-0.3, -0.25) is 4.98 Å². The normalized spacial score (nSPS) is 11.6. The number of furan rings is 1. The van der Waals surface area contributed by atoms with Gasteiger partial charge in [0.1, 0.15) is 11.2 Å². The van der Waals surface area contributed by atoms with E-state index in [0.29, 0.717) is 0 Å². The summed E-state index contributed by atoms with van der Waals surface area (Å²) in [5, 5.41) is 4.91. The molecule has 9 aromatic rings. The Morgan fingerprint density at radius 3 is 1.64 bits per heavy atom. The molecule has 0 saturated heterocycles. The molecule has 0 radical (unpaired) electrons. The van der Waals surface area contributed by atoms with E-state index in [1.807, 2.05) is 41.9 Å². The van der Waals surface area contributed by atoms with Crippen LogP contribution in [0, 0.1) is 0 Å². The van der Waals surface area contributed by atoms with E-state index in [1.165, 1.54) is 59.1 Å². The van der Waals surface area contributed by atoms with Gasteiger partial charge in [-0.2, -0.15) is 0 Å². The molecule has 0 saturated carbocycles. The van der Waals surface area contributed by atoms with Crippen molar-refractivity contribution in [2.45, 2.75) is 0 Å². The molecule has 2 nitrogen and oxygen atoms in total. The topological polar surface area (TPSA) is 26.0 Å². The summed E-state index contributed by atoms with van der Waals surface area (Å²) in [4.78, 5) is 4.28. The highest BCUT2D eigenvalue weighted by Gasteiger charge is 2.14. The fraction of sp³-hybridized carbons (Fsp3) is 0. The number of benzene rings is 6. The first-order valence-corrected chi connectivity index (χ1v) is 15.6. The smallest absolute Gasteiger partial charge is 0.135 e. The first-order chi connectivity index (χ1) is 21.8. The lowest BCUT2D eigenvalue weighted by Crippen LogP contribution is -1.81. The van der Waals surface area contributed by atoms with Crippen molar-refractivity contribution in [3.63, 3.8) is 0 Å². The van der Waals surface area contributed by atoms with Crippen molar-refractivity contribution in [2.75, 3.05) is 0 Å². The third-order valence-corrected chi connectivity index (χ3v) is 9.91. The van der Waals surface area contributed by atoms with Gasteiger partial charge in [0.15, 0.2) is 0 Å². The number of hydrogen-bond acceptors (Lipinski definition) is 3. The number of pyridine rings is 1. The molecule has 0 aliphatic rings. The van der Waals surface area contributed by atoms with Gasteiger partial charge in [0.2, 0.25) is 0 Å². The third kappa shape index (κ3) is 4.05. The second-order valence-electron chi connectivity index (χ2n) is 11.2. The van der Waals surface area contributed by atoms with Gasteiger partial charge in [-0.25, -0.2) is 0 Å². The second-order valence-corrected chi connectivity index (χ2v) is 12.2. The zero-order chi connectivity index (χ0) is 29.0. The largest absolute Gasteiger partial charge is 0.456 e. The van der Waals surface area contributed by atoms with Gasteiger partial charge >= 0.3 is 0 Å². The molecule has 3 heterocycles. The van der Waals surface area contributed by atoms with Crippen LogP contribution in [0.1, 0.15) is 0 Å². The number of nitrogens with zero attached hydrogens (tertiary/aromatic N) is 1. The van der Waals surface area contributed by atoms with Gasteiger partial charge in [-0.05, 0) is 68.8 Å². The molecule has 0 bridgehead atoms. The molecule has 0 N–H and O–H groups in total. The quantitative estimate of drug-likeness (QED) is 0.207. The Morgan fingerprint density at radius 1 is 0.409 bits per heavy atom. The van der Waals surface area contributed by atoms with Crippen LogP contribution < -0.4 is 0 Å².